The zero-order valence-electron chi connectivity index (χ0n) is 15.9. The molecule has 0 unspecified atom stereocenters. The summed E-state index contributed by atoms with van der Waals surface area (Å²) in [7, 11) is 0. The van der Waals surface area contributed by atoms with Gasteiger partial charge in [-0.05, 0) is 24.3 Å². The zero-order valence-corrected chi connectivity index (χ0v) is 15.9. The van der Waals surface area contributed by atoms with Crippen LogP contribution in [0.5, 0.6) is 0 Å². The summed E-state index contributed by atoms with van der Waals surface area (Å²) < 4.78 is 38.7. The average molecular weight is 404 g/mol. The highest BCUT2D eigenvalue weighted by Crippen LogP contribution is 2.29. The number of rotatable bonds is 4. The topological polar surface area (TPSA) is 54.6 Å². The lowest BCUT2D eigenvalue weighted by atomic mass is 10.1. The highest BCUT2D eigenvalue weighted by Gasteiger charge is 2.31. The number of alkyl halides is 3. The van der Waals surface area contributed by atoms with Gasteiger partial charge in [0.1, 0.15) is 39.3 Å². The van der Waals surface area contributed by atoms with Crippen molar-refractivity contribution in [2.45, 2.75) is 19.3 Å². The van der Waals surface area contributed by atoms with E-state index in [1.165, 1.54) is 21.9 Å². The van der Waals surface area contributed by atoms with E-state index < -0.39 is 11.7 Å². The van der Waals surface area contributed by atoms with Gasteiger partial charge in [0.05, 0.1) is 16.5 Å². The highest BCUT2D eigenvalue weighted by atomic mass is 19.4. The van der Waals surface area contributed by atoms with E-state index in [0.717, 1.165) is 32.2 Å². The van der Waals surface area contributed by atoms with E-state index in [1.807, 2.05) is 18.2 Å². The number of aromatic nitrogens is 2. The van der Waals surface area contributed by atoms with Crippen LogP contribution in [0.25, 0.3) is 10.9 Å². The molecular weight excluding hydrogens is 381 g/mol. The van der Waals surface area contributed by atoms with E-state index in [0.29, 0.717) is 35.4 Å². The Labute approximate surface area is 165 Å². The van der Waals surface area contributed by atoms with Gasteiger partial charge in [-0.3, -0.25) is 4.79 Å². The Balaban J connectivity index is 1.36. The molecule has 1 aromatic heterocycles. The summed E-state index contributed by atoms with van der Waals surface area (Å²) in [5.74, 6) is 0.671. The molecule has 0 bridgehead atoms. The van der Waals surface area contributed by atoms with Crippen molar-refractivity contribution in [1.82, 2.24) is 9.97 Å². The van der Waals surface area contributed by atoms with Crippen LogP contribution in [-0.4, -0.2) is 36.1 Å². The molecule has 152 valence electrons. The predicted octanol–water partition coefficient (Wildman–Crippen LogP) is 0.426. The van der Waals surface area contributed by atoms with E-state index >= 15 is 0 Å². The van der Waals surface area contributed by atoms with Gasteiger partial charge in [-0.15, -0.1) is 0 Å². The van der Waals surface area contributed by atoms with E-state index in [-0.39, 0.29) is 5.56 Å². The first-order valence-electron chi connectivity index (χ1n) is 9.70. The fourth-order valence-corrected chi connectivity index (χ4v) is 3.91. The molecule has 0 atom stereocenters. The number of para-hydroxylation sites is 1. The molecular formula is C21H23F3N4O+2. The molecule has 2 aromatic carbocycles. The Morgan fingerprint density at radius 1 is 0.931 bits per heavy atom. The summed E-state index contributed by atoms with van der Waals surface area (Å²) in [6.45, 7) is 4.71. The van der Waals surface area contributed by atoms with Crippen LogP contribution in [0, 0.1) is 0 Å². The molecule has 0 saturated carbocycles. The quantitative estimate of drug-likeness (QED) is 0.591. The van der Waals surface area contributed by atoms with Crippen molar-refractivity contribution in [3.8, 4) is 0 Å². The smallest absolute Gasteiger partial charge is 0.322 e. The molecule has 8 heteroatoms. The van der Waals surface area contributed by atoms with Crippen molar-refractivity contribution >= 4 is 10.9 Å². The number of aromatic amines is 1. The van der Waals surface area contributed by atoms with Gasteiger partial charge in [-0.25, -0.2) is 4.98 Å². The van der Waals surface area contributed by atoms with E-state index in [1.54, 1.807) is 12.1 Å². The van der Waals surface area contributed by atoms with Crippen LogP contribution in [0.15, 0.2) is 53.3 Å². The molecule has 3 N–H and O–H groups in total. The van der Waals surface area contributed by atoms with Crippen LogP contribution in [0.3, 0.4) is 0 Å². The summed E-state index contributed by atoms with van der Waals surface area (Å²) in [4.78, 5) is 22.2. The Morgan fingerprint density at radius 3 is 2.34 bits per heavy atom. The second kappa shape index (κ2) is 7.96. The van der Waals surface area contributed by atoms with Gasteiger partial charge in [0.2, 0.25) is 0 Å². The first-order chi connectivity index (χ1) is 13.9. The second-order valence-electron chi connectivity index (χ2n) is 7.58. The van der Waals surface area contributed by atoms with E-state index in [4.69, 9.17) is 0 Å². The third-order valence-corrected chi connectivity index (χ3v) is 5.45. The molecule has 0 radical (unpaired) electrons. The standard InChI is InChI=1S/C21H21F3N4O/c22-21(23,24)16-5-3-4-15(12-16)13-27-8-10-28(11-9-27)14-19-25-18-7-2-1-6-17(18)20(29)26-19/h1-7,12H,8-11,13-14H2,(H,25,26,29)/p+2. The lowest BCUT2D eigenvalue weighted by molar-refractivity contribution is -1.02. The maximum atomic E-state index is 12.9. The minimum Gasteiger partial charge on any atom is -0.322 e. The Hall–Kier alpha value is -2.71. The summed E-state index contributed by atoms with van der Waals surface area (Å²) in [5, 5.41) is 0.585. The maximum Gasteiger partial charge on any atom is 0.416 e. The van der Waals surface area contributed by atoms with Gasteiger partial charge in [0.25, 0.3) is 5.56 Å². The Morgan fingerprint density at radius 2 is 1.62 bits per heavy atom. The summed E-state index contributed by atoms with van der Waals surface area (Å²) in [6, 6.07) is 12.9. The number of benzene rings is 2. The maximum absolute atomic E-state index is 12.9. The molecule has 0 spiro atoms. The molecule has 1 fully saturated rings. The van der Waals surface area contributed by atoms with Crippen molar-refractivity contribution in [2.24, 2.45) is 0 Å². The monoisotopic (exact) mass is 404 g/mol. The normalized spacial score (nSPS) is 20.1. The van der Waals surface area contributed by atoms with Crippen LogP contribution in [0.4, 0.5) is 13.2 Å². The number of fused-ring (bicyclic) bond motifs is 1. The highest BCUT2D eigenvalue weighted by molar-refractivity contribution is 5.77. The molecule has 0 amide bonds. The van der Waals surface area contributed by atoms with Gasteiger partial charge >= 0.3 is 6.18 Å². The van der Waals surface area contributed by atoms with Crippen molar-refractivity contribution in [3.05, 3.63) is 75.8 Å². The Kier molecular flexibility index (Phi) is 5.38. The third-order valence-electron chi connectivity index (χ3n) is 5.45. The van der Waals surface area contributed by atoms with Gasteiger partial charge in [0.15, 0.2) is 5.82 Å². The van der Waals surface area contributed by atoms with Crippen LogP contribution in [0.1, 0.15) is 17.0 Å². The molecule has 1 aliphatic heterocycles. The molecule has 5 nitrogen and oxygen atoms in total. The predicted molar refractivity (Wildman–Crippen MR) is 103 cm³/mol. The molecule has 1 saturated heterocycles. The van der Waals surface area contributed by atoms with Crippen LogP contribution >= 0.6 is 0 Å². The van der Waals surface area contributed by atoms with Crippen molar-refractivity contribution in [1.29, 1.82) is 0 Å². The van der Waals surface area contributed by atoms with Gasteiger partial charge < -0.3 is 14.8 Å². The summed E-state index contributed by atoms with van der Waals surface area (Å²) in [6.07, 6.45) is -4.31. The van der Waals surface area contributed by atoms with Crippen LogP contribution in [0.2, 0.25) is 0 Å². The molecule has 4 rings (SSSR count). The number of H-pyrrole nitrogens is 1. The number of hydrogen-bond acceptors (Lipinski definition) is 2. The SMILES string of the molecule is O=c1[nH]c(C[NH+]2CC[NH+](Cc3cccc(C(F)(F)F)c3)CC2)nc2ccccc12. The minimum absolute atomic E-state index is 0.126. The lowest BCUT2D eigenvalue weighted by Gasteiger charge is -2.29. The van der Waals surface area contributed by atoms with Crippen molar-refractivity contribution in [3.63, 3.8) is 0 Å². The van der Waals surface area contributed by atoms with Crippen LogP contribution < -0.4 is 15.4 Å². The molecule has 29 heavy (non-hydrogen) atoms. The molecule has 0 aliphatic carbocycles. The number of piperazine rings is 1. The van der Waals surface area contributed by atoms with Gasteiger partial charge in [0, 0.05) is 5.56 Å². The molecule has 2 heterocycles. The number of nitrogens with one attached hydrogen (secondary N) is 3. The summed E-state index contributed by atoms with van der Waals surface area (Å²) >= 11 is 0. The number of nitrogens with zero attached hydrogens (tertiary/aromatic N) is 1. The van der Waals surface area contributed by atoms with Crippen LogP contribution in [-0.2, 0) is 19.3 Å². The molecule has 1 aliphatic rings. The van der Waals surface area contributed by atoms with Crippen molar-refractivity contribution < 1.29 is 23.0 Å². The number of halogens is 3. The first kappa shape index (κ1) is 19.6. The second-order valence-corrected chi connectivity index (χ2v) is 7.58. The third kappa shape index (κ3) is 4.65. The lowest BCUT2D eigenvalue weighted by Crippen LogP contribution is -3.27. The average Bonchev–Trinajstić information content (AvgIpc) is 2.69. The largest absolute Gasteiger partial charge is 0.416 e. The first-order valence-corrected chi connectivity index (χ1v) is 9.70. The van der Waals surface area contributed by atoms with E-state index in [2.05, 4.69) is 9.97 Å². The molecule has 3 aromatic rings. The van der Waals surface area contributed by atoms with Crippen molar-refractivity contribution in [2.75, 3.05) is 26.2 Å². The van der Waals surface area contributed by atoms with Gasteiger partial charge in [-0.2, -0.15) is 13.2 Å². The fraction of sp³-hybridized carbons (Fsp3) is 0.333. The minimum atomic E-state index is -4.31. The number of quaternary nitrogens is 2. The van der Waals surface area contributed by atoms with Gasteiger partial charge in [-0.1, -0.05) is 24.3 Å². The van der Waals surface area contributed by atoms with E-state index in [9.17, 15) is 18.0 Å². The summed E-state index contributed by atoms with van der Waals surface area (Å²) in [5.41, 5.74) is 0.682. The number of hydrogen-bond donors (Lipinski definition) is 3. The Bertz CT molecular complexity index is 1060. The fourth-order valence-electron chi connectivity index (χ4n) is 3.91. The zero-order chi connectivity index (χ0) is 20.4.